The molecular weight excluding hydrogens is 490 g/mol. The fraction of sp³-hybridized carbons (Fsp3) is 0.571. The highest BCUT2D eigenvalue weighted by atomic mass is 35.5. The van der Waals surface area contributed by atoms with Gasteiger partial charge in [-0.15, -0.1) is 0 Å². The topological polar surface area (TPSA) is 87.7 Å². The number of amides is 2. The second kappa shape index (κ2) is 10.6. The zero-order chi connectivity index (χ0) is 25.4. The van der Waals surface area contributed by atoms with E-state index < -0.39 is 0 Å². The Kier molecular flexibility index (Phi) is 7.04. The maximum atomic E-state index is 13.3. The second-order valence-corrected chi connectivity index (χ2v) is 11.3. The number of carbonyl (C=O) groups is 2. The van der Waals surface area contributed by atoms with E-state index in [-0.39, 0.29) is 24.4 Å². The van der Waals surface area contributed by atoms with Gasteiger partial charge >= 0.3 is 0 Å². The van der Waals surface area contributed by atoms with E-state index >= 15 is 0 Å². The Balaban J connectivity index is 1.14. The third-order valence-corrected chi connectivity index (χ3v) is 8.81. The van der Waals surface area contributed by atoms with E-state index in [4.69, 9.17) is 16.3 Å². The lowest BCUT2D eigenvalue weighted by molar-refractivity contribution is -0.135. The van der Waals surface area contributed by atoms with Crippen LogP contribution < -0.4 is 5.32 Å². The van der Waals surface area contributed by atoms with Gasteiger partial charge in [0.2, 0.25) is 11.9 Å². The molecule has 196 valence electrons. The van der Waals surface area contributed by atoms with Crippen molar-refractivity contribution in [1.82, 2.24) is 19.8 Å². The molecule has 0 bridgehead atoms. The molecule has 8 nitrogen and oxygen atoms in total. The molecule has 37 heavy (non-hydrogen) atoms. The maximum absolute atomic E-state index is 13.3. The van der Waals surface area contributed by atoms with Gasteiger partial charge < -0.3 is 19.9 Å². The van der Waals surface area contributed by atoms with Crippen LogP contribution in [0.25, 0.3) is 11.3 Å². The quantitative estimate of drug-likeness (QED) is 0.625. The summed E-state index contributed by atoms with van der Waals surface area (Å²) in [6, 6.07) is 6.00. The Labute approximate surface area is 222 Å². The molecule has 1 aromatic heterocycles. The largest absolute Gasteiger partial charge is 0.381 e. The molecule has 4 aliphatic rings. The van der Waals surface area contributed by atoms with Crippen molar-refractivity contribution in [2.24, 2.45) is 11.8 Å². The Morgan fingerprint density at radius 1 is 1.11 bits per heavy atom. The summed E-state index contributed by atoms with van der Waals surface area (Å²) < 4.78 is 5.43. The monoisotopic (exact) mass is 523 g/mol. The standard InChI is InChI=1S/C28H34ClN5O3/c29-24-14-30-28(31-22-8-11-37-12-9-22)32-26(24)19-5-6-21-16-34(27(36)23(21)13-19)17-25(35)33-10-7-18-3-1-2-4-20(18)15-33/h5-6,13-14,18,20,22H,1-4,7-12,15-17H2,(H,30,31,32)/t18-,20-/m0/s1. The molecule has 4 heterocycles. The number of ether oxygens (including phenoxy) is 1. The van der Waals surface area contributed by atoms with Crippen molar-refractivity contribution in [1.29, 1.82) is 0 Å². The van der Waals surface area contributed by atoms with E-state index in [1.54, 1.807) is 11.1 Å². The summed E-state index contributed by atoms with van der Waals surface area (Å²) in [6.45, 7) is 3.70. The van der Waals surface area contributed by atoms with Crippen LogP contribution >= 0.6 is 11.6 Å². The van der Waals surface area contributed by atoms with E-state index in [0.717, 1.165) is 62.6 Å². The Hall–Kier alpha value is -2.71. The van der Waals surface area contributed by atoms with Crippen LogP contribution in [0.15, 0.2) is 24.4 Å². The van der Waals surface area contributed by atoms with Gasteiger partial charge in [-0.1, -0.05) is 43.0 Å². The van der Waals surface area contributed by atoms with Gasteiger partial charge in [0, 0.05) is 50.0 Å². The first-order valence-electron chi connectivity index (χ1n) is 13.6. The second-order valence-electron chi connectivity index (χ2n) is 10.9. The van der Waals surface area contributed by atoms with Crippen LogP contribution in [0.3, 0.4) is 0 Å². The highest BCUT2D eigenvalue weighted by Crippen LogP contribution is 2.36. The lowest BCUT2D eigenvalue weighted by Gasteiger charge is -2.41. The minimum absolute atomic E-state index is 0.0630. The van der Waals surface area contributed by atoms with E-state index in [1.807, 2.05) is 23.1 Å². The summed E-state index contributed by atoms with van der Waals surface area (Å²) in [4.78, 5) is 39.1. The number of nitrogens with one attached hydrogen (secondary N) is 1. The summed E-state index contributed by atoms with van der Waals surface area (Å²) in [7, 11) is 0. The third kappa shape index (κ3) is 5.18. The number of nitrogens with zero attached hydrogens (tertiary/aromatic N) is 4. The smallest absolute Gasteiger partial charge is 0.254 e. The SMILES string of the molecule is O=C(CN1Cc2ccc(-c3nc(NC4CCOCC4)ncc3Cl)cc2C1=O)N1CC[C@@H]2CCCC[C@H]2C1. The number of halogens is 1. The zero-order valence-corrected chi connectivity index (χ0v) is 21.9. The molecule has 2 atom stereocenters. The lowest BCUT2D eigenvalue weighted by Crippen LogP contribution is -2.48. The summed E-state index contributed by atoms with van der Waals surface area (Å²) in [5.41, 5.74) is 2.90. The van der Waals surface area contributed by atoms with Crippen LogP contribution in [0.4, 0.5) is 5.95 Å². The minimum atomic E-state index is -0.108. The lowest BCUT2D eigenvalue weighted by atomic mass is 9.75. The first kappa shape index (κ1) is 24.6. The molecule has 1 aliphatic carbocycles. The molecule has 3 fully saturated rings. The molecule has 0 unspecified atom stereocenters. The van der Waals surface area contributed by atoms with Gasteiger partial charge in [-0.3, -0.25) is 9.59 Å². The van der Waals surface area contributed by atoms with Gasteiger partial charge in [0.25, 0.3) is 5.91 Å². The van der Waals surface area contributed by atoms with Crippen molar-refractivity contribution in [2.45, 2.75) is 57.5 Å². The number of anilines is 1. The molecule has 3 aliphatic heterocycles. The number of rotatable bonds is 5. The van der Waals surface area contributed by atoms with Gasteiger partial charge in [0.05, 0.1) is 16.9 Å². The van der Waals surface area contributed by atoms with Crippen LogP contribution in [-0.4, -0.2) is 70.5 Å². The first-order valence-corrected chi connectivity index (χ1v) is 14.0. The predicted octanol–water partition coefficient (Wildman–Crippen LogP) is 4.38. The molecule has 1 N–H and O–H groups in total. The number of likely N-dealkylation sites (tertiary alicyclic amines) is 1. The van der Waals surface area contributed by atoms with Crippen LogP contribution in [0.5, 0.6) is 0 Å². The van der Waals surface area contributed by atoms with E-state index in [1.165, 1.54) is 25.7 Å². The molecule has 1 saturated carbocycles. The van der Waals surface area contributed by atoms with Crippen molar-refractivity contribution in [3.05, 3.63) is 40.5 Å². The molecule has 2 saturated heterocycles. The molecule has 2 amide bonds. The number of hydrogen-bond acceptors (Lipinski definition) is 6. The van der Waals surface area contributed by atoms with Gasteiger partial charge in [-0.05, 0) is 49.1 Å². The van der Waals surface area contributed by atoms with Gasteiger partial charge in [0.15, 0.2) is 0 Å². The molecule has 2 aromatic rings. The van der Waals surface area contributed by atoms with Crippen molar-refractivity contribution in [3.8, 4) is 11.3 Å². The fourth-order valence-corrected chi connectivity index (χ4v) is 6.59. The van der Waals surface area contributed by atoms with Crippen molar-refractivity contribution in [2.75, 3.05) is 38.2 Å². The summed E-state index contributed by atoms with van der Waals surface area (Å²) in [6.07, 6.45) is 9.63. The number of aromatic nitrogens is 2. The minimum Gasteiger partial charge on any atom is -0.381 e. The van der Waals surface area contributed by atoms with Crippen LogP contribution in [0, 0.1) is 11.8 Å². The zero-order valence-electron chi connectivity index (χ0n) is 21.1. The highest BCUT2D eigenvalue weighted by molar-refractivity contribution is 6.33. The summed E-state index contributed by atoms with van der Waals surface area (Å²) in [5, 5.41) is 3.81. The summed E-state index contributed by atoms with van der Waals surface area (Å²) in [5.74, 6) is 1.88. The van der Waals surface area contributed by atoms with E-state index in [9.17, 15) is 9.59 Å². The van der Waals surface area contributed by atoms with Crippen LogP contribution in [-0.2, 0) is 16.1 Å². The molecule has 9 heteroatoms. The average molecular weight is 524 g/mol. The molecule has 0 spiro atoms. The van der Waals surface area contributed by atoms with Gasteiger partial charge in [0.1, 0.15) is 6.54 Å². The highest BCUT2D eigenvalue weighted by Gasteiger charge is 2.35. The Bertz CT molecular complexity index is 1180. The number of hydrogen-bond donors (Lipinski definition) is 1. The summed E-state index contributed by atoms with van der Waals surface area (Å²) >= 11 is 6.47. The first-order chi connectivity index (χ1) is 18.0. The number of fused-ring (bicyclic) bond motifs is 2. The van der Waals surface area contributed by atoms with Crippen LogP contribution in [0.2, 0.25) is 5.02 Å². The van der Waals surface area contributed by atoms with Gasteiger partial charge in [-0.2, -0.15) is 0 Å². The number of piperidine rings is 1. The Morgan fingerprint density at radius 2 is 1.92 bits per heavy atom. The third-order valence-electron chi connectivity index (χ3n) is 8.53. The molecule has 1 aromatic carbocycles. The normalized spacial score (nSPS) is 24.1. The van der Waals surface area contributed by atoms with Crippen molar-refractivity contribution < 1.29 is 14.3 Å². The molecular formula is C28H34ClN5O3. The predicted molar refractivity (Wildman–Crippen MR) is 141 cm³/mol. The van der Waals surface area contributed by atoms with Crippen molar-refractivity contribution >= 4 is 29.4 Å². The number of carbonyl (C=O) groups excluding carboxylic acids is 2. The maximum Gasteiger partial charge on any atom is 0.254 e. The number of benzene rings is 1. The van der Waals surface area contributed by atoms with E-state index in [0.29, 0.717) is 34.7 Å². The average Bonchev–Trinajstić information content (AvgIpc) is 3.24. The van der Waals surface area contributed by atoms with Crippen LogP contribution in [0.1, 0.15) is 60.9 Å². The molecule has 6 rings (SSSR count). The molecule has 0 radical (unpaired) electrons. The van der Waals surface area contributed by atoms with E-state index in [2.05, 4.69) is 15.3 Å². The Morgan fingerprint density at radius 3 is 2.76 bits per heavy atom. The fourth-order valence-electron chi connectivity index (χ4n) is 6.39. The van der Waals surface area contributed by atoms with Crippen molar-refractivity contribution in [3.63, 3.8) is 0 Å². The van der Waals surface area contributed by atoms with Gasteiger partial charge in [-0.25, -0.2) is 9.97 Å².